The first-order chi connectivity index (χ1) is 9.08. The van der Waals surface area contributed by atoms with Gasteiger partial charge in [0.05, 0.1) is 5.02 Å². The fraction of sp³-hybridized carbons (Fsp3) is 0.133. The molecule has 0 radical (unpaired) electrons. The van der Waals surface area contributed by atoms with Crippen LogP contribution in [0.3, 0.4) is 0 Å². The Bertz CT molecular complexity index is 611. The number of hydrogen-bond acceptors (Lipinski definition) is 2. The van der Waals surface area contributed by atoms with Crippen molar-refractivity contribution in [2.24, 2.45) is 0 Å². The van der Waals surface area contributed by atoms with Gasteiger partial charge in [-0.05, 0) is 42.8 Å². The van der Waals surface area contributed by atoms with Crippen LogP contribution in [0.2, 0.25) is 5.02 Å². The maximum absolute atomic E-state index is 12.0. The molecule has 0 unspecified atom stereocenters. The first-order valence-electron chi connectivity index (χ1n) is 5.74. The lowest BCUT2D eigenvalue weighted by atomic mass is 10.1. The minimum atomic E-state index is -0.133. The summed E-state index contributed by atoms with van der Waals surface area (Å²) in [5.41, 5.74) is 1.54. The van der Waals surface area contributed by atoms with Gasteiger partial charge in [0.25, 0.3) is 0 Å². The molecular weight excluding hydrogens is 328 g/mol. The van der Waals surface area contributed by atoms with Crippen LogP contribution in [0, 0.1) is 6.92 Å². The molecule has 0 heterocycles. The molecule has 98 valence electrons. The summed E-state index contributed by atoms with van der Waals surface area (Å²) < 4.78 is 6.50. The van der Waals surface area contributed by atoms with Crippen LogP contribution < -0.4 is 4.74 Å². The van der Waals surface area contributed by atoms with E-state index in [2.05, 4.69) is 15.9 Å². The lowest BCUT2D eigenvalue weighted by molar-refractivity contribution is 0.0921. The Morgan fingerprint density at radius 3 is 2.68 bits per heavy atom. The van der Waals surface area contributed by atoms with Crippen molar-refractivity contribution in [1.29, 1.82) is 0 Å². The Morgan fingerprint density at radius 2 is 2.00 bits per heavy atom. The van der Waals surface area contributed by atoms with Crippen molar-refractivity contribution in [2.45, 2.75) is 6.92 Å². The second-order valence-corrected chi connectivity index (χ2v) is 5.36. The van der Waals surface area contributed by atoms with Gasteiger partial charge < -0.3 is 4.74 Å². The molecular formula is C15H12BrClO2. The number of halogens is 2. The summed E-state index contributed by atoms with van der Waals surface area (Å²) in [6, 6.07) is 12.5. The van der Waals surface area contributed by atoms with Crippen molar-refractivity contribution in [3.8, 4) is 5.75 Å². The zero-order chi connectivity index (χ0) is 13.8. The van der Waals surface area contributed by atoms with Crippen molar-refractivity contribution in [2.75, 3.05) is 6.61 Å². The zero-order valence-corrected chi connectivity index (χ0v) is 12.7. The summed E-state index contributed by atoms with van der Waals surface area (Å²) in [5, 5.41) is 0.447. The molecule has 2 rings (SSSR count). The molecule has 0 saturated heterocycles. The predicted octanol–water partition coefficient (Wildman–Crippen LogP) is 4.67. The molecule has 0 bridgehead atoms. The molecule has 2 nitrogen and oxygen atoms in total. The van der Waals surface area contributed by atoms with Gasteiger partial charge in [-0.3, -0.25) is 4.79 Å². The first kappa shape index (κ1) is 14.1. The van der Waals surface area contributed by atoms with E-state index in [1.165, 1.54) is 0 Å². The molecule has 2 aromatic rings. The van der Waals surface area contributed by atoms with Crippen molar-refractivity contribution < 1.29 is 9.53 Å². The molecule has 4 heteroatoms. The monoisotopic (exact) mass is 338 g/mol. The number of ketones is 1. The van der Waals surface area contributed by atoms with Crippen LogP contribution in [-0.2, 0) is 0 Å². The summed E-state index contributed by atoms with van der Waals surface area (Å²) in [6.07, 6.45) is 0. The maximum Gasteiger partial charge on any atom is 0.201 e. The van der Waals surface area contributed by atoms with Gasteiger partial charge in [-0.15, -0.1) is 0 Å². The highest BCUT2D eigenvalue weighted by Crippen LogP contribution is 2.22. The third-order valence-electron chi connectivity index (χ3n) is 2.67. The van der Waals surface area contributed by atoms with Crippen LogP contribution >= 0.6 is 27.5 Å². The fourth-order valence-electron chi connectivity index (χ4n) is 1.62. The van der Waals surface area contributed by atoms with E-state index in [0.29, 0.717) is 16.3 Å². The first-order valence-corrected chi connectivity index (χ1v) is 6.91. The normalized spacial score (nSPS) is 10.3. The quantitative estimate of drug-likeness (QED) is 0.757. The third-order valence-corrected chi connectivity index (χ3v) is 3.89. The average molecular weight is 340 g/mol. The Hall–Kier alpha value is -1.32. The number of rotatable bonds is 4. The van der Waals surface area contributed by atoms with Gasteiger partial charge in [-0.25, -0.2) is 0 Å². The number of hydrogen-bond donors (Lipinski definition) is 0. The van der Waals surface area contributed by atoms with Gasteiger partial charge >= 0.3 is 0 Å². The summed E-state index contributed by atoms with van der Waals surface area (Å²) in [7, 11) is 0. The lowest BCUT2D eigenvalue weighted by Gasteiger charge is -2.08. The molecule has 0 saturated carbocycles. The smallest absolute Gasteiger partial charge is 0.201 e. The van der Waals surface area contributed by atoms with E-state index in [0.717, 1.165) is 10.0 Å². The van der Waals surface area contributed by atoms with E-state index in [4.69, 9.17) is 16.3 Å². The highest BCUT2D eigenvalue weighted by Gasteiger charge is 2.10. The molecule has 0 aliphatic rings. The second-order valence-electron chi connectivity index (χ2n) is 4.10. The van der Waals surface area contributed by atoms with E-state index >= 15 is 0 Å². The van der Waals surface area contributed by atoms with E-state index in [1.54, 1.807) is 24.3 Å². The summed E-state index contributed by atoms with van der Waals surface area (Å²) in [4.78, 5) is 12.0. The highest BCUT2D eigenvalue weighted by molar-refractivity contribution is 9.10. The number of carbonyl (C=O) groups is 1. The van der Waals surface area contributed by atoms with Crippen LogP contribution in [0.4, 0.5) is 0 Å². The van der Waals surface area contributed by atoms with Crippen LogP contribution in [0.15, 0.2) is 46.9 Å². The van der Waals surface area contributed by atoms with Crippen LogP contribution in [0.5, 0.6) is 5.75 Å². The van der Waals surface area contributed by atoms with E-state index in [-0.39, 0.29) is 12.4 Å². The minimum Gasteiger partial charge on any atom is -0.485 e. The summed E-state index contributed by atoms with van der Waals surface area (Å²) >= 11 is 9.38. The molecule has 19 heavy (non-hydrogen) atoms. The van der Waals surface area contributed by atoms with Gasteiger partial charge in [-0.1, -0.05) is 39.7 Å². The SMILES string of the molecule is Cc1cc(OCC(=O)c2ccccc2Cl)ccc1Br. The fourth-order valence-corrected chi connectivity index (χ4v) is 2.11. The second kappa shape index (κ2) is 6.22. The molecule has 0 N–H and O–H groups in total. The molecule has 0 amide bonds. The number of Topliss-reactive ketones (excluding diaryl/α,β-unsaturated/α-hetero) is 1. The number of aryl methyl sites for hydroxylation is 1. The van der Waals surface area contributed by atoms with E-state index in [1.807, 2.05) is 25.1 Å². The van der Waals surface area contributed by atoms with Crippen LogP contribution in [0.1, 0.15) is 15.9 Å². The summed E-state index contributed by atoms with van der Waals surface area (Å²) in [5.74, 6) is 0.535. The number of ether oxygens (including phenoxy) is 1. The molecule has 2 aromatic carbocycles. The summed E-state index contributed by atoms with van der Waals surface area (Å²) in [6.45, 7) is 1.94. The highest BCUT2D eigenvalue weighted by atomic mass is 79.9. The molecule has 0 aliphatic carbocycles. The van der Waals surface area contributed by atoms with Gasteiger partial charge in [0, 0.05) is 10.0 Å². The molecule has 0 atom stereocenters. The maximum atomic E-state index is 12.0. The minimum absolute atomic E-state index is 0.0230. The van der Waals surface area contributed by atoms with Gasteiger partial charge in [0.2, 0.25) is 5.78 Å². The molecule has 0 spiro atoms. The zero-order valence-electron chi connectivity index (χ0n) is 10.3. The van der Waals surface area contributed by atoms with Crippen molar-refractivity contribution >= 4 is 33.3 Å². The Labute approximate surface area is 125 Å². The molecule has 0 aliphatic heterocycles. The van der Waals surface area contributed by atoms with Crippen molar-refractivity contribution in [1.82, 2.24) is 0 Å². The lowest BCUT2D eigenvalue weighted by Crippen LogP contribution is -2.12. The molecule has 0 aromatic heterocycles. The van der Waals surface area contributed by atoms with E-state index < -0.39 is 0 Å². The molecule has 0 fully saturated rings. The van der Waals surface area contributed by atoms with E-state index in [9.17, 15) is 4.79 Å². The van der Waals surface area contributed by atoms with Crippen molar-refractivity contribution in [3.05, 3.63) is 63.1 Å². The topological polar surface area (TPSA) is 26.3 Å². The third kappa shape index (κ3) is 3.58. The Kier molecular flexibility index (Phi) is 4.61. The standard InChI is InChI=1S/C15H12BrClO2/c1-10-8-11(6-7-13(10)16)19-9-15(18)12-4-2-3-5-14(12)17/h2-8H,9H2,1H3. The van der Waals surface area contributed by atoms with Crippen molar-refractivity contribution in [3.63, 3.8) is 0 Å². The van der Waals surface area contributed by atoms with Gasteiger partial charge in [0.15, 0.2) is 6.61 Å². The average Bonchev–Trinajstić information content (AvgIpc) is 2.40. The predicted molar refractivity (Wildman–Crippen MR) is 80.2 cm³/mol. The Morgan fingerprint density at radius 1 is 1.26 bits per heavy atom. The number of carbonyl (C=O) groups excluding carboxylic acids is 1. The Balaban J connectivity index is 2.04. The van der Waals surface area contributed by atoms with Gasteiger partial charge in [0.1, 0.15) is 5.75 Å². The largest absolute Gasteiger partial charge is 0.485 e. The van der Waals surface area contributed by atoms with Gasteiger partial charge in [-0.2, -0.15) is 0 Å². The van der Waals surface area contributed by atoms with Crippen LogP contribution in [-0.4, -0.2) is 12.4 Å². The number of benzene rings is 2. The van der Waals surface area contributed by atoms with Crippen LogP contribution in [0.25, 0.3) is 0 Å².